The molecule has 0 amide bonds. The molecule has 0 unspecified atom stereocenters. The van der Waals surface area contributed by atoms with Crippen molar-refractivity contribution in [3.63, 3.8) is 0 Å². The molecule has 0 atom stereocenters. The number of nitrogens with zero attached hydrogens (tertiary/aromatic N) is 1. The fourth-order valence-electron chi connectivity index (χ4n) is 8.38. The molecule has 268 valence electrons. The molecule has 2 nitrogen and oxygen atoms in total. The molecule has 0 aliphatic heterocycles. The first-order valence-corrected chi connectivity index (χ1v) is 19.2. The van der Waals surface area contributed by atoms with Crippen molar-refractivity contribution in [2.75, 3.05) is 4.90 Å². The van der Waals surface area contributed by atoms with E-state index in [1.54, 1.807) is 0 Å². The Morgan fingerprint density at radius 1 is 0.528 bits per heavy atom. The van der Waals surface area contributed by atoms with Crippen molar-refractivity contribution in [3.8, 4) is 22.3 Å². The first kappa shape index (κ1) is 35.0. The van der Waals surface area contributed by atoms with Gasteiger partial charge >= 0.3 is 0 Å². The Morgan fingerprint density at radius 3 is 1.75 bits per heavy atom. The summed E-state index contributed by atoms with van der Waals surface area (Å²) in [6.45, 7) is 25.3. The number of fused-ring (bicyclic) bond motifs is 6. The van der Waals surface area contributed by atoms with E-state index in [9.17, 15) is 0 Å². The van der Waals surface area contributed by atoms with Gasteiger partial charge in [0, 0.05) is 27.6 Å². The van der Waals surface area contributed by atoms with E-state index in [4.69, 9.17) is 4.42 Å². The summed E-state index contributed by atoms with van der Waals surface area (Å²) in [5.41, 5.74) is 16.8. The number of rotatable bonds is 4. The summed E-state index contributed by atoms with van der Waals surface area (Å²) in [4.78, 5) is 2.49. The van der Waals surface area contributed by atoms with Gasteiger partial charge in [0.2, 0.25) is 0 Å². The van der Waals surface area contributed by atoms with E-state index < -0.39 is 0 Å². The minimum Gasteiger partial charge on any atom is -0.456 e. The average molecular weight is 696 g/mol. The van der Waals surface area contributed by atoms with E-state index in [0.717, 1.165) is 27.9 Å². The highest BCUT2D eigenvalue weighted by molar-refractivity contribution is 6.15. The van der Waals surface area contributed by atoms with Crippen molar-refractivity contribution in [1.82, 2.24) is 0 Å². The van der Waals surface area contributed by atoms with E-state index in [1.807, 2.05) is 0 Å². The molecule has 6 aromatic carbocycles. The number of hydrogen-bond acceptors (Lipinski definition) is 2. The van der Waals surface area contributed by atoms with Crippen LogP contribution in [0.1, 0.15) is 104 Å². The minimum absolute atomic E-state index is 0.0249. The molecule has 1 aliphatic rings. The predicted octanol–water partition coefficient (Wildman–Crippen LogP) is 14.9. The Kier molecular flexibility index (Phi) is 7.90. The summed E-state index contributed by atoms with van der Waals surface area (Å²) < 4.78 is 6.91. The lowest BCUT2D eigenvalue weighted by molar-refractivity contribution is 0.559. The van der Waals surface area contributed by atoms with Gasteiger partial charge < -0.3 is 9.32 Å². The largest absolute Gasteiger partial charge is 0.456 e. The van der Waals surface area contributed by atoms with E-state index in [1.165, 1.54) is 61.1 Å². The fourth-order valence-corrected chi connectivity index (χ4v) is 8.38. The molecule has 1 aliphatic carbocycles. The van der Waals surface area contributed by atoms with Crippen LogP contribution in [-0.4, -0.2) is 0 Å². The molecule has 0 saturated heterocycles. The van der Waals surface area contributed by atoms with Crippen LogP contribution in [0.3, 0.4) is 0 Å². The number of benzene rings is 6. The molecule has 1 heterocycles. The van der Waals surface area contributed by atoms with Crippen molar-refractivity contribution in [3.05, 3.63) is 149 Å². The SMILES string of the molecule is CC(C)(C)c1ccc(-c2ccc(N(c3cccc4c3-c3ccccc3C4(C)C)c3cccc4oc5c(C(C)(C)C)cc(C(C)(C)C)cc5c34)cc2)cc1. The van der Waals surface area contributed by atoms with Crippen LogP contribution in [0.25, 0.3) is 44.2 Å². The van der Waals surface area contributed by atoms with E-state index in [0.29, 0.717) is 0 Å². The van der Waals surface area contributed by atoms with E-state index in [2.05, 4.69) is 202 Å². The first-order valence-electron chi connectivity index (χ1n) is 19.2. The maximum Gasteiger partial charge on any atom is 0.139 e. The highest BCUT2D eigenvalue weighted by atomic mass is 16.3. The Bertz CT molecular complexity index is 2510. The van der Waals surface area contributed by atoms with Gasteiger partial charge in [-0.25, -0.2) is 0 Å². The second kappa shape index (κ2) is 12.0. The van der Waals surface area contributed by atoms with Crippen LogP contribution in [0.4, 0.5) is 17.1 Å². The minimum atomic E-state index is -0.117. The second-order valence-electron chi connectivity index (χ2n) is 18.7. The molecule has 0 fully saturated rings. The zero-order valence-electron chi connectivity index (χ0n) is 33.4. The number of anilines is 3. The third kappa shape index (κ3) is 5.79. The Hall–Kier alpha value is -5.08. The van der Waals surface area contributed by atoms with E-state index >= 15 is 0 Å². The molecule has 8 rings (SSSR count). The second-order valence-corrected chi connectivity index (χ2v) is 18.7. The van der Waals surface area contributed by atoms with Gasteiger partial charge in [0.1, 0.15) is 11.2 Å². The number of hydrogen-bond donors (Lipinski definition) is 0. The number of furan rings is 1. The molecule has 7 aromatic rings. The summed E-state index contributed by atoms with van der Waals surface area (Å²) in [7, 11) is 0. The third-order valence-electron chi connectivity index (χ3n) is 11.5. The molecule has 1 aromatic heterocycles. The van der Waals surface area contributed by atoms with Crippen molar-refractivity contribution in [2.45, 2.75) is 97.8 Å². The van der Waals surface area contributed by atoms with Gasteiger partial charge in [-0.15, -0.1) is 0 Å². The molecular formula is C51H53NO. The molecule has 0 bridgehead atoms. The lowest BCUT2D eigenvalue weighted by Crippen LogP contribution is -2.16. The molecule has 2 heteroatoms. The first-order chi connectivity index (χ1) is 24.9. The van der Waals surface area contributed by atoms with E-state index in [-0.39, 0.29) is 21.7 Å². The monoisotopic (exact) mass is 695 g/mol. The van der Waals surface area contributed by atoms with Gasteiger partial charge in [-0.2, -0.15) is 0 Å². The summed E-state index contributed by atoms with van der Waals surface area (Å²) in [5.74, 6) is 0. The fraction of sp³-hybridized carbons (Fsp3) is 0.294. The lowest BCUT2D eigenvalue weighted by Gasteiger charge is -2.29. The van der Waals surface area contributed by atoms with Crippen molar-refractivity contribution in [1.29, 1.82) is 0 Å². The zero-order chi connectivity index (χ0) is 37.7. The quantitative estimate of drug-likeness (QED) is 0.182. The van der Waals surface area contributed by atoms with Crippen molar-refractivity contribution < 1.29 is 4.42 Å². The van der Waals surface area contributed by atoms with Crippen molar-refractivity contribution in [2.24, 2.45) is 0 Å². The van der Waals surface area contributed by atoms with Crippen LogP contribution in [-0.2, 0) is 21.7 Å². The standard InChI is InChI=1S/C51H53NO/c1-48(2,3)34-26-22-32(23-27-34)33-24-28-36(29-25-33)52(42-19-14-18-40-45(42)37-16-12-13-17-39(37)51(40,10)11)43-20-15-21-44-46(43)38-30-35(49(4,5)6)31-41(47(38)53-44)50(7,8)9/h12-31H,1-11H3. The van der Waals surface area contributed by atoms with Gasteiger partial charge in [0.15, 0.2) is 0 Å². The summed E-state index contributed by atoms with van der Waals surface area (Å²) in [6.07, 6.45) is 0. The summed E-state index contributed by atoms with van der Waals surface area (Å²) in [5, 5.41) is 2.31. The molecule has 0 saturated carbocycles. The molecule has 0 N–H and O–H groups in total. The smallest absolute Gasteiger partial charge is 0.139 e. The van der Waals surface area contributed by atoms with Crippen molar-refractivity contribution >= 4 is 39.0 Å². The third-order valence-corrected chi connectivity index (χ3v) is 11.5. The molecular weight excluding hydrogens is 643 g/mol. The van der Waals surface area contributed by atoms with Gasteiger partial charge in [0.05, 0.1) is 16.8 Å². The predicted molar refractivity (Wildman–Crippen MR) is 228 cm³/mol. The van der Waals surface area contributed by atoms with Crippen LogP contribution in [0.2, 0.25) is 0 Å². The van der Waals surface area contributed by atoms with Crippen LogP contribution in [0.5, 0.6) is 0 Å². The topological polar surface area (TPSA) is 16.4 Å². The molecule has 0 spiro atoms. The van der Waals surface area contributed by atoms with Gasteiger partial charge in [-0.3, -0.25) is 0 Å². The Morgan fingerprint density at radius 2 is 1.11 bits per heavy atom. The van der Waals surface area contributed by atoms with Gasteiger partial charge in [-0.05, 0) is 91.6 Å². The zero-order valence-corrected chi connectivity index (χ0v) is 33.4. The molecule has 53 heavy (non-hydrogen) atoms. The maximum absolute atomic E-state index is 6.91. The maximum atomic E-state index is 6.91. The Balaban J connectivity index is 1.41. The van der Waals surface area contributed by atoms with Crippen LogP contribution in [0, 0.1) is 0 Å². The lowest BCUT2D eigenvalue weighted by atomic mass is 9.79. The van der Waals surface area contributed by atoms with Gasteiger partial charge in [-0.1, -0.05) is 161 Å². The average Bonchev–Trinajstić information content (AvgIpc) is 3.60. The summed E-state index contributed by atoms with van der Waals surface area (Å²) >= 11 is 0. The van der Waals surface area contributed by atoms with Crippen LogP contribution >= 0.6 is 0 Å². The van der Waals surface area contributed by atoms with Crippen LogP contribution in [0.15, 0.2) is 126 Å². The Labute approximate surface area is 316 Å². The highest BCUT2D eigenvalue weighted by Crippen LogP contribution is 2.55. The summed E-state index contributed by atoms with van der Waals surface area (Å²) in [6, 6.07) is 45.3. The van der Waals surface area contributed by atoms with Gasteiger partial charge in [0.25, 0.3) is 0 Å². The molecule has 0 radical (unpaired) electrons. The highest BCUT2D eigenvalue weighted by Gasteiger charge is 2.38. The van der Waals surface area contributed by atoms with Crippen LogP contribution < -0.4 is 4.90 Å². The normalized spacial score (nSPS) is 14.1.